The number of hydrogen-bond acceptors (Lipinski definition) is 5. The minimum absolute atomic E-state index is 0.105. The van der Waals surface area contributed by atoms with Gasteiger partial charge in [-0.1, -0.05) is 39.8 Å². The lowest BCUT2D eigenvalue weighted by Crippen LogP contribution is -2.15. The molecule has 0 aliphatic rings. The van der Waals surface area contributed by atoms with E-state index in [-0.39, 0.29) is 17.4 Å². The molecule has 3 aromatic rings. The molecule has 0 radical (unpaired) electrons. The van der Waals surface area contributed by atoms with Crippen LogP contribution in [0.5, 0.6) is 5.75 Å². The highest BCUT2D eigenvalue weighted by Gasteiger charge is 2.13. The average molecular weight is 433 g/mol. The lowest BCUT2D eigenvalue weighted by Gasteiger charge is -2.09. The lowest BCUT2D eigenvalue weighted by molar-refractivity contribution is -0.113. The van der Waals surface area contributed by atoms with Crippen molar-refractivity contribution in [1.82, 2.24) is 15.2 Å². The number of benzene rings is 2. The number of aryl methyl sites for hydroxylation is 1. The monoisotopic (exact) mass is 432 g/mol. The number of H-pyrrole nitrogens is 1. The van der Waals surface area contributed by atoms with Gasteiger partial charge in [-0.3, -0.25) is 9.89 Å². The van der Waals surface area contributed by atoms with Crippen LogP contribution in [-0.4, -0.2) is 31.9 Å². The number of amides is 1. The molecule has 0 aliphatic carbocycles. The van der Waals surface area contributed by atoms with E-state index in [0.29, 0.717) is 16.5 Å². The Labute approximate surface area is 163 Å². The Morgan fingerprint density at radius 2 is 2.12 bits per heavy atom. The van der Waals surface area contributed by atoms with E-state index in [0.717, 1.165) is 21.3 Å². The largest absolute Gasteiger partial charge is 0.507 e. The van der Waals surface area contributed by atoms with Crippen molar-refractivity contribution in [2.24, 2.45) is 0 Å². The molecule has 6 nitrogen and oxygen atoms in total. The minimum atomic E-state index is -0.125. The van der Waals surface area contributed by atoms with Gasteiger partial charge in [-0.2, -0.15) is 0 Å². The Hall–Kier alpha value is -2.32. The fourth-order valence-corrected chi connectivity index (χ4v) is 3.29. The number of phenols is 1. The molecule has 0 saturated heterocycles. The molecular weight excluding hydrogens is 416 g/mol. The quantitative estimate of drug-likeness (QED) is 0.523. The number of phenolic OH excluding ortho intramolecular Hbond substituents is 1. The first-order valence-corrected chi connectivity index (χ1v) is 9.62. The summed E-state index contributed by atoms with van der Waals surface area (Å²) in [6, 6.07) is 10.9. The van der Waals surface area contributed by atoms with Crippen LogP contribution in [0.2, 0.25) is 0 Å². The zero-order chi connectivity index (χ0) is 18.7. The number of nitrogens with zero attached hydrogens (tertiary/aromatic N) is 2. The standard InChI is InChI=1S/C18H17BrN4O2S/c1-10-4-3-5-14(11(10)2)20-16(25)9-26-18-21-17(22-23-18)13-8-12(19)6-7-15(13)24/h3-8,24H,9H2,1-2H3,(H,20,25)(H,21,22,23). The van der Waals surface area contributed by atoms with Crippen molar-refractivity contribution in [2.45, 2.75) is 19.0 Å². The van der Waals surface area contributed by atoms with Gasteiger partial charge in [0.2, 0.25) is 11.1 Å². The van der Waals surface area contributed by atoms with E-state index < -0.39 is 0 Å². The Bertz CT molecular complexity index is 958. The van der Waals surface area contributed by atoms with E-state index in [1.807, 2.05) is 32.0 Å². The normalized spacial score (nSPS) is 10.7. The molecule has 0 atom stereocenters. The fourth-order valence-electron chi connectivity index (χ4n) is 2.33. The summed E-state index contributed by atoms with van der Waals surface area (Å²) in [7, 11) is 0. The van der Waals surface area contributed by atoms with Crippen molar-refractivity contribution in [3.05, 3.63) is 52.0 Å². The molecule has 0 bridgehead atoms. The summed E-state index contributed by atoms with van der Waals surface area (Å²) in [5.74, 6) is 0.616. The fraction of sp³-hybridized carbons (Fsp3) is 0.167. The second-order valence-electron chi connectivity index (χ2n) is 5.71. The van der Waals surface area contributed by atoms with E-state index in [1.165, 1.54) is 11.8 Å². The smallest absolute Gasteiger partial charge is 0.234 e. The summed E-state index contributed by atoms with van der Waals surface area (Å²) in [6.07, 6.45) is 0. The summed E-state index contributed by atoms with van der Waals surface area (Å²) < 4.78 is 0.823. The predicted octanol–water partition coefficient (Wildman–Crippen LogP) is 4.29. The molecule has 26 heavy (non-hydrogen) atoms. The van der Waals surface area contributed by atoms with Gasteiger partial charge >= 0.3 is 0 Å². The zero-order valence-electron chi connectivity index (χ0n) is 14.2. The van der Waals surface area contributed by atoms with Crippen LogP contribution in [0.4, 0.5) is 5.69 Å². The van der Waals surface area contributed by atoms with Crippen LogP contribution >= 0.6 is 27.7 Å². The first-order chi connectivity index (χ1) is 12.4. The van der Waals surface area contributed by atoms with Crippen molar-refractivity contribution in [3.8, 4) is 17.1 Å². The molecule has 8 heteroatoms. The Balaban J connectivity index is 1.64. The van der Waals surface area contributed by atoms with Gasteiger partial charge in [0.05, 0.1) is 11.3 Å². The number of halogens is 1. The third-order valence-electron chi connectivity index (χ3n) is 3.89. The van der Waals surface area contributed by atoms with Crippen molar-refractivity contribution in [1.29, 1.82) is 0 Å². The maximum atomic E-state index is 12.2. The van der Waals surface area contributed by atoms with Crippen molar-refractivity contribution in [3.63, 3.8) is 0 Å². The third kappa shape index (κ3) is 4.25. The summed E-state index contributed by atoms with van der Waals surface area (Å²) in [4.78, 5) is 16.5. The summed E-state index contributed by atoms with van der Waals surface area (Å²) >= 11 is 4.59. The summed E-state index contributed by atoms with van der Waals surface area (Å²) in [5, 5.41) is 20.2. The molecule has 1 heterocycles. The number of thioether (sulfide) groups is 1. The number of rotatable bonds is 5. The van der Waals surface area contributed by atoms with Gasteiger partial charge in [-0.25, -0.2) is 4.98 Å². The van der Waals surface area contributed by atoms with Gasteiger partial charge in [-0.15, -0.1) is 5.10 Å². The molecule has 3 rings (SSSR count). The molecule has 1 amide bonds. The van der Waals surface area contributed by atoms with E-state index >= 15 is 0 Å². The topological polar surface area (TPSA) is 90.9 Å². The molecule has 0 unspecified atom stereocenters. The first kappa shape index (κ1) is 18.5. The summed E-state index contributed by atoms with van der Waals surface area (Å²) in [6.45, 7) is 3.98. The second kappa shape index (κ2) is 7.92. The van der Waals surface area contributed by atoms with Gasteiger partial charge in [0.25, 0.3) is 0 Å². The third-order valence-corrected chi connectivity index (χ3v) is 5.23. The van der Waals surface area contributed by atoms with Crippen LogP contribution in [0.15, 0.2) is 46.0 Å². The first-order valence-electron chi connectivity index (χ1n) is 7.84. The van der Waals surface area contributed by atoms with Gasteiger partial charge in [-0.05, 0) is 49.2 Å². The SMILES string of the molecule is Cc1cccc(NC(=O)CSc2n[nH]c(-c3cc(Br)ccc3O)n2)c1C. The highest BCUT2D eigenvalue weighted by atomic mass is 79.9. The number of aromatic amines is 1. The number of aromatic nitrogens is 3. The number of anilines is 1. The number of carbonyl (C=O) groups is 1. The van der Waals surface area contributed by atoms with E-state index in [4.69, 9.17) is 0 Å². The van der Waals surface area contributed by atoms with Crippen molar-refractivity contribution in [2.75, 3.05) is 11.1 Å². The molecular formula is C18H17BrN4O2S. The van der Waals surface area contributed by atoms with Crippen LogP contribution in [0, 0.1) is 13.8 Å². The Kier molecular flexibility index (Phi) is 5.63. The molecule has 3 N–H and O–H groups in total. The van der Waals surface area contributed by atoms with Gasteiger partial charge < -0.3 is 10.4 Å². The molecule has 134 valence electrons. The highest BCUT2D eigenvalue weighted by molar-refractivity contribution is 9.10. The summed E-state index contributed by atoms with van der Waals surface area (Å²) in [5.41, 5.74) is 3.53. The molecule has 0 saturated carbocycles. The molecule has 0 spiro atoms. The van der Waals surface area contributed by atoms with Crippen LogP contribution < -0.4 is 5.32 Å². The molecule has 0 aliphatic heterocycles. The lowest BCUT2D eigenvalue weighted by atomic mass is 10.1. The molecule has 1 aromatic heterocycles. The van der Waals surface area contributed by atoms with Crippen LogP contribution in [-0.2, 0) is 4.79 Å². The maximum Gasteiger partial charge on any atom is 0.234 e. The van der Waals surface area contributed by atoms with Gasteiger partial charge in [0.15, 0.2) is 5.82 Å². The van der Waals surface area contributed by atoms with Crippen LogP contribution in [0.25, 0.3) is 11.4 Å². The van der Waals surface area contributed by atoms with Crippen LogP contribution in [0.1, 0.15) is 11.1 Å². The van der Waals surface area contributed by atoms with Crippen molar-refractivity contribution < 1.29 is 9.90 Å². The molecule has 0 fully saturated rings. The number of carbonyl (C=O) groups excluding carboxylic acids is 1. The predicted molar refractivity (Wildman–Crippen MR) is 106 cm³/mol. The van der Waals surface area contributed by atoms with Gasteiger partial charge in [0.1, 0.15) is 5.75 Å². The second-order valence-corrected chi connectivity index (χ2v) is 7.57. The highest BCUT2D eigenvalue weighted by Crippen LogP contribution is 2.30. The van der Waals surface area contributed by atoms with E-state index in [9.17, 15) is 9.90 Å². The zero-order valence-corrected chi connectivity index (χ0v) is 16.6. The van der Waals surface area contributed by atoms with Gasteiger partial charge in [0, 0.05) is 10.2 Å². The van der Waals surface area contributed by atoms with Crippen molar-refractivity contribution >= 4 is 39.3 Å². The Morgan fingerprint density at radius 1 is 1.31 bits per heavy atom. The van der Waals surface area contributed by atoms with Crippen LogP contribution in [0.3, 0.4) is 0 Å². The Morgan fingerprint density at radius 3 is 2.92 bits per heavy atom. The maximum absolute atomic E-state index is 12.2. The number of aromatic hydroxyl groups is 1. The number of nitrogens with one attached hydrogen (secondary N) is 2. The van der Waals surface area contributed by atoms with E-state index in [2.05, 4.69) is 36.4 Å². The molecule has 2 aromatic carbocycles. The van der Waals surface area contributed by atoms with E-state index in [1.54, 1.807) is 18.2 Å². The average Bonchev–Trinajstić information content (AvgIpc) is 3.08. The minimum Gasteiger partial charge on any atom is -0.507 e. The number of hydrogen-bond donors (Lipinski definition) is 3.